The van der Waals surface area contributed by atoms with E-state index < -0.39 is 17.7 Å². The lowest BCUT2D eigenvalue weighted by Crippen LogP contribution is -2.46. The van der Waals surface area contributed by atoms with E-state index in [1.54, 1.807) is 11.1 Å². The Balaban J connectivity index is 1.80. The van der Waals surface area contributed by atoms with Gasteiger partial charge in [-0.2, -0.15) is 0 Å². The highest BCUT2D eigenvalue weighted by atomic mass is 16.5. The molecule has 1 aliphatic rings. The van der Waals surface area contributed by atoms with Crippen LogP contribution in [-0.4, -0.2) is 46.2 Å². The molecule has 0 saturated carbocycles. The Labute approximate surface area is 174 Å². The van der Waals surface area contributed by atoms with Crippen LogP contribution in [0.25, 0.3) is 0 Å². The Morgan fingerprint density at radius 3 is 2.60 bits per heavy atom. The molecule has 3 amide bonds. The summed E-state index contributed by atoms with van der Waals surface area (Å²) in [5, 5.41) is 2.51. The summed E-state index contributed by atoms with van der Waals surface area (Å²) in [5.41, 5.74) is 7.29. The molecule has 1 aliphatic heterocycles. The number of nitrogens with one attached hydrogen (secondary N) is 1. The van der Waals surface area contributed by atoms with Gasteiger partial charge in [0.25, 0.3) is 5.91 Å². The summed E-state index contributed by atoms with van der Waals surface area (Å²) in [6.07, 6.45) is 4.72. The van der Waals surface area contributed by atoms with Crippen LogP contribution in [0.5, 0.6) is 5.88 Å². The Hall–Kier alpha value is -3.49. The Bertz CT molecular complexity index is 960. The van der Waals surface area contributed by atoms with Crippen molar-refractivity contribution in [3.63, 3.8) is 0 Å². The summed E-state index contributed by atoms with van der Waals surface area (Å²) < 4.78 is 4.99. The smallest absolute Gasteiger partial charge is 0.313 e. The number of hydrogen-bond acceptors (Lipinski definition) is 6. The van der Waals surface area contributed by atoms with Crippen molar-refractivity contribution in [1.29, 1.82) is 0 Å². The number of rotatable bonds is 4. The van der Waals surface area contributed by atoms with Gasteiger partial charge in [-0.05, 0) is 43.4 Å². The summed E-state index contributed by atoms with van der Waals surface area (Å²) in [6.45, 7) is 4.45. The fourth-order valence-electron chi connectivity index (χ4n) is 3.54. The van der Waals surface area contributed by atoms with E-state index in [-0.39, 0.29) is 29.1 Å². The summed E-state index contributed by atoms with van der Waals surface area (Å²) in [6, 6.07) is 4.89. The molecule has 3 N–H and O–H groups in total. The molecule has 0 radical (unpaired) electrons. The zero-order valence-electron chi connectivity index (χ0n) is 17.2. The van der Waals surface area contributed by atoms with Crippen LogP contribution in [0, 0.1) is 12.8 Å². The molecule has 1 fully saturated rings. The molecule has 158 valence electrons. The minimum atomic E-state index is -0.816. The maximum absolute atomic E-state index is 13.0. The number of primary amides is 1. The number of aryl methyl sites for hydroxylation is 1. The van der Waals surface area contributed by atoms with Crippen molar-refractivity contribution < 1.29 is 19.1 Å². The minimum absolute atomic E-state index is 0.0103. The van der Waals surface area contributed by atoms with Gasteiger partial charge in [-0.25, -0.2) is 4.98 Å². The second-order valence-electron chi connectivity index (χ2n) is 7.52. The van der Waals surface area contributed by atoms with E-state index in [4.69, 9.17) is 10.5 Å². The van der Waals surface area contributed by atoms with Crippen LogP contribution in [0.2, 0.25) is 0 Å². The lowest BCUT2D eigenvalue weighted by atomic mass is 9.92. The number of nitrogens with two attached hydrogens (primary N) is 1. The number of carbonyl (C=O) groups is 3. The predicted octanol–water partition coefficient (Wildman–Crippen LogP) is 1.83. The lowest BCUT2D eigenvalue weighted by molar-refractivity contribution is -0.146. The molecular formula is C21H25N5O4. The predicted molar refractivity (Wildman–Crippen MR) is 110 cm³/mol. The summed E-state index contributed by atoms with van der Waals surface area (Å²) in [5.74, 6) is -1.92. The summed E-state index contributed by atoms with van der Waals surface area (Å²) in [7, 11) is 1.35. The molecule has 30 heavy (non-hydrogen) atoms. The number of nitrogens with zero attached hydrogens (tertiary/aromatic N) is 3. The second-order valence-corrected chi connectivity index (χ2v) is 7.52. The van der Waals surface area contributed by atoms with Gasteiger partial charge in [-0.1, -0.05) is 13.0 Å². The SMILES string of the molecule is COc1ncc(NC(=O)C(=O)N2C[C@H](C)CC[C@@H]2c2ccc(C)cn2)cc1C(N)=O. The van der Waals surface area contributed by atoms with E-state index in [0.717, 1.165) is 24.1 Å². The lowest BCUT2D eigenvalue weighted by Gasteiger charge is -2.38. The normalized spacial score (nSPS) is 18.6. The zero-order chi connectivity index (χ0) is 21.8. The maximum atomic E-state index is 13.0. The van der Waals surface area contributed by atoms with Gasteiger partial charge in [0.1, 0.15) is 5.56 Å². The standard InChI is InChI=1S/C21H25N5O4/c1-12-4-6-16(23-9-12)17-7-5-13(2)11-26(17)21(29)19(28)25-14-8-15(18(22)27)20(30-3)24-10-14/h4,6,8-10,13,17H,5,7,11H2,1-3H3,(H2,22,27)(H,25,28)/t13-,17-/m1/s1. The molecule has 0 bridgehead atoms. The van der Waals surface area contributed by atoms with Crippen LogP contribution in [0.4, 0.5) is 5.69 Å². The first-order valence-corrected chi connectivity index (χ1v) is 9.68. The number of methoxy groups -OCH3 is 1. The number of anilines is 1. The first-order chi connectivity index (χ1) is 14.3. The average Bonchev–Trinajstić information content (AvgIpc) is 2.73. The highest BCUT2D eigenvalue weighted by Crippen LogP contribution is 2.32. The largest absolute Gasteiger partial charge is 0.480 e. The maximum Gasteiger partial charge on any atom is 0.313 e. The molecular weight excluding hydrogens is 386 g/mol. The van der Waals surface area contributed by atoms with Crippen molar-refractivity contribution in [2.75, 3.05) is 19.0 Å². The molecule has 9 nitrogen and oxygen atoms in total. The van der Waals surface area contributed by atoms with Gasteiger partial charge >= 0.3 is 11.8 Å². The molecule has 0 spiro atoms. The summed E-state index contributed by atoms with van der Waals surface area (Å²) in [4.78, 5) is 47.2. The number of ether oxygens (including phenoxy) is 1. The van der Waals surface area contributed by atoms with E-state index in [9.17, 15) is 14.4 Å². The van der Waals surface area contributed by atoms with Gasteiger partial charge in [-0.3, -0.25) is 19.4 Å². The fraction of sp³-hybridized carbons (Fsp3) is 0.381. The first kappa shape index (κ1) is 21.2. The number of piperidine rings is 1. The fourth-order valence-corrected chi connectivity index (χ4v) is 3.54. The number of aromatic nitrogens is 2. The van der Waals surface area contributed by atoms with Crippen molar-refractivity contribution >= 4 is 23.4 Å². The Morgan fingerprint density at radius 2 is 1.97 bits per heavy atom. The number of amides is 3. The zero-order valence-corrected chi connectivity index (χ0v) is 17.2. The van der Waals surface area contributed by atoms with Crippen LogP contribution in [0.1, 0.15) is 47.4 Å². The number of hydrogen-bond donors (Lipinski definition) is 2. The van der Waals surface area contributed by atoms with Crippen molar-refractivity contribution in [2.24, 2.45) is 11.7 Å². The van der Waals surface area contributed by atoms with E-state index >= 15 is 0 Å². The number of carbonyl (C=O) groups excluding carboxylic acids is 3. The average molecular weight is 411 g/mol. The molecule has 9 heteroatoms. The van der Waals surface area contributed by atoms with Crippen molar-refractivity contribution in [1.82, 2.24) is 14.9 Å². The van der Waals surface area contributed by atoms with Crippen LogP contribution in [0.3, 0.4) is 0 Å². The van der Waals surface area contributed by atoms with Crippen molar-refractivity contribution in [3.8, 4) is 5.88 Å². The molecule has 0 aliphatic carbocycles. The number of pyridine rings is 2. The van der Waals surface area contributed by atoms with E-state index in [0.29, 0.717) is 6.54 Å². The van der Waals surface area contributed by atoms with Crippen LogP contribution in [0.15, 0.2) is 30.6 Å². The van der Waals surface area contributed by atoms with Gasteiger partial charge in [0.2, 0.25) is 5.88 Å². The molecule has 2 aromatic heterocycles. The molecule has 1 saturated heterocycles. The van der Waals surface area contributed by atoms with Gasteiger partial charge in [0, 0.05) is 12.7 Å². The van der Waals surface area contributed by atoms with E-state index in [2.05, 4.69) is 15.3 Å². The third-order valence-electron chi connectivity index (χ3n) is 5.12. The molecule has 3 rings (SSSR count). The Morgan fingerprint density at radius 1 is 1.20 bits per heavy atom. The third kappa shape index (κ3) is 4.56. The van der Waals surface area contributed by atoms with Crippen LogP contribution >= 0.6 is 0 Å². The van der Waals surface area contributed by atoms with Gasteiger partial charge in [0.05, 0.1) is 30.7 Å². The minimum Gasteiger partial charge on any atom is -0.480 e. The first-order valence-electron chi connectivity index (χ1n) is 9.68. The third-order valence-corrected chi connectivity index (χ3v) is 5.12. The van der Waals surface area contributed by atoms with Gasteiger partial charge < -0.3 is 20.7 Å². The topological polar surface area (TPSA) is 128 Å². The monoisotopic (exact) mass is 411 g/mol. The van der Waals surface area contributed by atoms with Gasteiger partial charge in [0.15, 0.2) is 0 Å². The molecule has 2 aromatic rings. The molecule has 3 heterocycles. The second kappa shape index (κ2) is 8.89. The summed E-state index contributed by atoms with van der Waals surface area (Å²) >= 11 is 0. The van der Waals surface area contributed by atoms with E-state index in [1.165, 1.54) is 19.4 Å². The van der Waals surface area contributed by atoms with Gasteiger partial charge in [-0.15, -0.1) is 0 Å². The molecule has 2 atom stereocenters. The number of likely N-dealkylation sites (tertiary alicyclic amines) is 1. The van der Waals surface area contributed by atoms with Crippen molar-refractivity contribution in [2.45, 2.75) is 32.7 Å². The van der Waals surface area contributed by atoms with Crippen LogP contribution < -0.4 is 15.8 Å². The molecule has 0 aromatic carbocycles. The highest BCUT2D eigenvalue weighted by molar-refractivity contribution is 6.39. The Kier molecular flexibility index (Phi) is 6.29. The van der Waals surface area contributed by atoms with E-state index in [1.807, 2.05) is 26.0 Å². The molecule has 0 unspecified atom stereocenters. The van der Waals surface area contributed by atoms with Crippen molar-refractivity contribution in [3.05, 3.63) is 47.4 Å². The highest BCUT2D eigenvalue weighted by Gasteiger charge is 2.35. The van der Waals surface area contributed by atoms with Crippen LogP contribution in [-0.2, 0) is 9.59 Å². The quantitative estimate of drug-likeness (QED) is 0.739.